The molecule has 0 aromatic carbocycles. The molecule has 4 atom stereocenters. The Balaban J connectivity index is -0.000000139. The molecule has 0 aliphatic heterocycles. The van der Waals surface area contributed by atoms with Crippen molar-refractivity contribution in [3.8, 4) is 0 Å². The van der Waals surface area contributed by atoms with E-state index < -0.39 is 23.9 Å². The summed E-state index contributed by atoms with van der Waals surface area (Å²) in [6, 6.07) is 0. The van der Waals surface area contributed by atoms with Crippen molar-refractivity contribution in [2.24, 2.45) is 23.7 Å². The van der Waals surface area contributed by atoms with Crippen molar-refractivity contribution in [1.82, 2.24) is 0 Å². The van der Waals surface area contributed by atoms with Gasteiger partial charge in [-0.3, -0.25) is 0 Å². The molecule has 0 amide bonds. The van der Waals surface area contributed by atoms with E-state index in [2.05, 4.69) is 27.7 Å². The van der Waals surface area contributed by atoms with E-state index in [9.17, 15) is 39.6 Å². The maximum atomic E-state index is 10.3. The summed E-state index contributed by atoms with van der Waals surface area (Å²) in [6.45, 7) is 15.8. The van der Waals surface area contributed by atoms with Gasteiger partial charge < -0.3 is 39.6 Å². The summed E-state index contributed by atoms with van der Waals surface area (Å²) in [6.07, 6.45) is 14.1. The topological polar surface area (TPSA) is 161 Å². The number of carbonyl (C=O) groups is 4. The molecule has 0 fully saturated rings. The Morgan fingerprint density at radius 3 is 0.610 bits per heavy atom. The van der Waals surface area contributed by atoms with Crippen LogP contribution in [0.15, 0.2) is 0 Å². The molecule has 0 N–H and O–H groups in total. The van der Waals surface area contributed by atoms with Gasteiger partial charge in [0.15, 0.2) is 0 Å². The standard InChI is InChI=1S/4C8H16O2.Zn/c4*1-3-5-6-7(4-2)8(9)10;/h4*7H,3-6H2,1-2H3,(H,9,10);/p-4. The zero-order chi connectivity index (χ0) is 31.9. The van der Waals surface area contributed by atoms with Crippen LogP contribution in [0.1, 0.15) is 158 Å². The van der Waals surface area contributed by atoms with E-state index in [0.717, 1.165) is 77.0 Å². The molecule has 0 bridgehead atoms. The molecular weight excluding hydrogens is 578 g/mol. The largest absolute Gasteiger partial charge is 0.550 e. The molecule has 8 nitrogen and oxygen atoms in total. The smallest absolute Gasteiger partial charge is 0.0445 e. The van der Waals surface area contributed by atoms with Crippen molar-refractivity contribution in [3.05, 3.63) is 0 Å². The first-order valence-electron chi connectivity index (χ1n) is 15.7. The average Bonchev–Trinajstić information content (AvgIpc) is 2.91. The van der Waals surface area contributed by atoms with Gasteiger partial charge in [0, 0.05) is 43.4 Å². The normalized spacial score (nSPS) is 12.7. The van der Waals surface area contributed by atoms with Crippen molar-refractivity contribution >= 4 is 23.9 Å². The van der Waals surface area contributed by atoms with Gasteiger partial charge in [0.25, 0.3) is 0 Å². The maximum Gasteiger partial charge on any atom is 0.0445 e. The fourth-order valence-electron chi connectivity index (χ4n) is 3.76. The van der Waals surface area contributed by atoms with Crippen LogP contribution in [0.25, 0.3) is 0 Å². The Morgan fingerprint density at radius 2 is 0.537 bits per heavy atom. The molecule has 9 heteroatoms. The summed E-state index contributed by atoms with van der Waals surface area (Å²) in [5.74, 6) is -4.46. The van der Waals surface area contributed by atoms with E-state index in [-0.39, 0.29) is 43.1 Å². The fourth-order valence-corrected chi connectivity index (χ4v) is 3.76. The number of carbonyl (C=O) groups excluding carboxylic acids is 4. The van der Waals surface area contributed by atoms with Crippen LogP contribution in [0.3, 0.4) is 0 Å². The summed E-state index contributed by atoms with van der Waals surface area (Å²) in [7, 11) is 0. The van der Waals surface area contributed by atoms with Gasteiger partial charge in [-0.25, -0.2) is 0 Å². The number of hydrogen-bond donors (Lipinski definition) is 0. The van der Waals surface area contributed by atoms with Gasteiger partial charge in [-0.1, -0.05) is 107 Å². The van der Waals surface area contributed by atoms with Gasteiger partial charge in [-0.05, 0) is 75.0 Å². The Hall–Kier alpha value is -1.50. The SMILES string of the molecule is CCCCC(CC)C(=O)[O-].CCCCC(CC)C(=O)[O-].CCCCC(CC)C(=O)[O-].CCCCC(CC)C(=O)[O-].[Zn]. The monoisotopic (exact) mass is 636 g/mol. The van der Waals surface area contributed by atoms with Gasteiger partial charge >= 0.3 is 0 Å². The second-order valence-electron chi connectivity index (χ2n) is 10.3. The third-order valence-electron chi connectivity index (χ3n) is 6.93. The average molecular weight is 638 g/mol. The second-order valence-corrected chi connectivity index (χ2v) is 10.3. The minimum absolute atomic E-state index is 0. The van der Waals surface area contributed by atoms with Gasteiger partial charge in [0.1, 0.15) is 0 Å². The first-order chi connectivity index (χ1) is 18.9. The van der Waals surface area contributed by atoms with E-state index in [1.807, 2.05) is 27.7 Å². The summed E-state index contributed by atoms with van der Waals surface area (Å²) in [4.78, 5) is 41.3. The van der Waals surface area contributed by atoms with Crippen LogP contribution >= 0.6 is 0 Å². The Labute approximate surface area is 264 Å². The molecule has 0 aliphatic rings. The molecule has 0 aliphatic carbocycles. The van der Waals surface area contributed by atoms with E-state index in [4.69, 9.17) is 0 Å². The number of hydrogen-bond acceptors (Lipinski definition) is 8. The van der Waals surface area contributed by atoms with Crippen molar-refractivity contribution in [2.75, 3.05) is 0 Å². The zero-order valence-corrected chi connectivity index (χ0v) is 30.6. The maximum absolute atomic E-state index is 10.3. The quantitative estimate of drug-likeness (QED) is 0.182. The summed E-state index contributed by atoms with van der Waals surface area (Å²) < 4.78 is 0. The van der Waals surface area contributed by atoms with Crippen LogP contribution in [-0.4, -0.2) is 23.9 Å². The van der Waals surface area contributed by atoms with Gasteiger partial charge in [-0.2, -0.15) is 0 Å². The van der Waals surface area contributed by atoms with Crippen molar-refractivity contribution in [2.45, 2.75) is 158 Å². The number of carboxylic acids is 4. The number of rotatable bonds is 20. The first-order valence-corrected chi connectivity index (χ1v) is 15.7. The van der Waals surface area contributed by atoms with Crippen LogP contribution in [-0.2, 0) is 38.7 Å². The molecule has 0 spiro atoms. The fraction of sp³-hybridized carbons (Fsp3) is 0.875. The minimum Gasteiger partial charge on any atom is -0.550 e. The van der Waals surface area contributed by atoms with Gasteiger partial charge in [0.2, 0.25) is 0 Å². The number of aliphatic carboxylic acids is 4. The van der Waals surface area contributed by atoms with Crippen LogP contribution in [0.4, 0.5) is 0 Å². The van der Waals surface area contributed by atoms with Crippen molar-refractivity contribution in [3.63, 3.8) is 0 Å². The third kappa shape index (κ3) is 34.6. The Bertz CT molecular complexity index is 509. The summed E-state index contributed by atoms with van der Waals surface area (Å²) >= 11 is 0. The van der Waals surface area contributed by atoms with Crippen molar-refractivity contribution < 1.29 is 59.1 Å². The molecule has 0 aromatic heterocycles. The second kappa shape index (κ2) is 36.5. The summed E-state index contributed by atoms with van der Waals surface area (Å²) in [5.41, 5.74) is 0. The molecule has 0 rings (SSSR count). The van der Waals surface area contributed by atoms with E-state index in [1.165, 1.54) is 0 Å². The number of carboxylic acid groups (broad SMARTS) is 4. The molecular formula is C32H60O8Zn-4. The Kier molecular flexibility index (Phi) is 43.8. The van der Waals surface area contributed by atoms with Crippen molar-refractivity contribution in [1.29, 1.82) is 0 Å². The molecule has 0 radical (unpaired) electrons. The van der Waals surface area contributed by atoms with Gasteiger partial charge in [0.05, 0.1) is 0 Å². The Morgan fingerprint density at radius 1 is 0.390 bits per heavy atom. The molecule has 41 heavy (non-hydrogen) atoms. The number of unbranched alkanes of at least 4 members (excludes halogenated alkanes) is 4. The van der Waals surface area contributed by atoms with E-state index in [0.29, 0.717) is 25.7 Å². The van der Waals surface area contributed by atoms with E-state index >= 15 is 0 Å². The molecule has 242 valence electrons. The van der Waals surface area contributed by atoms with Gasteiger partial charge in [-0.15, -0.1) is 0 Å². The van der Waals surface area contributed by atoms with Crippen LogP contribution < -0.4 is 20.4 Å². The minimum atomic E-state index is -0.893. The van der Waals surface area contributed by atoms with Crippen LogP contribution in [0.5, 0.6) is 0 Å². The van der Waals surface area contributed by atoms with E-state index in [1.54, 1.807) is 0 Å². The van der Waals surface area contributed by atoms with Crippen LogP contribution in [0, 0.1) is 23.7 Å². The van der Waals surface area contributed by atoms with Crippen LogP contribution in [0.2, 0.25) is 0 Å². The molecule has 0 aromatic rings. The molecule has 0 saturated heterocycles. The molecule has 0 heterocycles. The molecule has 4 unspecified atom stereocenters. The predicted octanol–water partition coefficient (Wildman–Crippen LogP) is 3.81. The zero-order valence-electron chi connectivity index (χ0n) is 27.6. The summed E-state index contributed by atoms with van der Waals surface area (Å²) in [5, 5.41) is 41.3. The predicted molar refractivity (Wildman–Crippen MR) is 153 cm³/mol. The third-order valence-corrected chi connectivity index (χ3v) is 6.93. The first kappa shape index (κ1) is 49.2. The molecule has 0 saturated carbocycles.